The zero-order chi connectivity index (χ0) is 13.5. The van der Waals surface area contributed by atoms with Crippen LogP contribution in [-0.4, -0.2) is 0 Å². The van der Waals surface area contributed by atoms with Gasteiger partial charge in [0.1, 0.15) is 0 Å². The Morgan fingerprint density at radius 3 is 2.53 bits per heavy atom. The summed E-state index contributed by atoms with van der Waals surface area (Å²) in [4.78, 5) is 0. The van der Waals surface area contributed by atoms with E-state index in [1.165, 1.54) is 0 Å². The first-order chi connectivity index (χ1) is 9.29. The molecule has 0 radical (unpaired) electrons. The lowest BCUT2D eigenvalue weighted by Gasteiger charge is -1.98. The SMILES string of the molecule is N#CC(=C/C=C/c1ccccc1)c1cccc(Cl)c1. The van der Waals surface area contributed by atoms with Crippen LogP contribution < -0.4 is 0 Å². The van der Waals surface area contributed by atoms with Crippen molar-refractivity contribution in [3.8, 4) is 6.07 Å². The van der Waals surface area contributed by atoms with Gasteiger partial charge in [0, 0.05) is 5.02 Å². The van der Waals surface area contributed by atoms with Gasteiger partial charge in [0.2, 0.25) is 0 Å². The summed E-state index contributed by atoms with van der Waals surface area (Å²) in [6, 6.07) is 19.4. The number of rotatable bonds is 3. The van der Waals surface area contributed by atoms with Crippen LogP contribution in [0.25, 0.3) is 11.6 Å². The van der Waals surface area contributed by atoms with E-state index < -0.39 is 0 Å². The topological polar surface area (TPSA) is 23.8 Å². The third-order valence-corrected chi connectivity index (χ3v) is 2.84. The lowest BCUT2D eigenvalue weighted by molar-refractivity contribution is 1.52. The summed E-state index contributed by atoms with van der Waals surface area (Å²) < 4.78 is 0. The Kier molecular flexibility index (Phi) is 4.55. The molecule has 2 rings (SSSR count). The van der Waals surface area contributed by atoms with Crippen LogP contribution in [0.1, 0.15) is 11.1 Å². The van der Waals surface area contributed by atoms with Gasteiger partial charge in [-0.05, 0) is 29.3 Å². The predicted molar refractivity (Wildman–Crippen MR) is 80.5 cm³/mol. The molecule has 0 atom stereocenters. The van der Waals surface area contributed by atoms with Gasteiger partial charge in [-0.3, -0.25) is 0 Å². The molecule has 2 aromatic carbocycles. The van der Waals surface area contributed by atoms with E-state index in [9.17, 15) is 5.26 Å². The van der Waals surface area contributed by atoms with Gasteiger partial charge in [-0.2, -0.15) is 5.26 Å². The van der Waals surface area contributed by atoms with E-state index in [-0.39, 0.29) is 0 Å². The number of benzene rings is 2. The molecule has 0 aromatic heterocycles. The van der Waals surface area contributed by atoms with Gasteiger partial charge in [-0.25, -0.2) is 0 Å². The second-order valence-electron chi connectivity index (χ2n) is 3.97. The Bertz CT molecular complexity index is 648. The molecule has 0 saturated heterocycles. The van der Waals surface area contributed by atoms with Crippen LogP contribution in [0, 0.1) is 11.3 Å². The first kappa shape index (κ1) is 13.1. The fourth-order valence-corrected chi connectivity index (χ4v) is 1.86. The molecule has 19 heavy (non-hydrogen) atoms. The average molecular weight is 266 g/mol. The predicted octanol–water partition coefficient (Wildman–Crippen LogP) is 4.96. The van der Waals surface area contributed by atoms with Crippen molar-refractivity contribution in [3.63, 3.8) is 0 Å². The van der Waals surface area contributed by atoms with E-state index in [1.807, 2.05) is 54.6 Å². The molecule has 0 unspecified atom stereocenters. The van der Waals surface area contributed by atoms with Gasteiger partial charge in [0.15, 0.2) is 0 Å². The highest BCUT2D eigenvalue weighted by molar-refractivity contribution is 6.30. The summed E-state index contributed by atoms with van der Waals surface area (Å²) >= 11 is 5.92. The van der Waals surface area contributed by atoms with E-state index in [0.29, 0.717) is 10.6 Å². The second kappa shape index (κ2) is 6.58. The zero-order valence-corrected chi connectivity index (χ0v) is 11.0. The number of allylic oxidation sites excluding steroid dienone is 3. The Hall–Kier alpha value is -2.30. The van der Waals surface area contributed by atoms with Crippen molar-refractivity contribution in [3.05, 3.63) is 82.9 Å². The molecule has 0 saturated carbocycles. The van der Waals surface area contributed by atoms with E-state index in [0.717, 1.165) is 11.1 Å². The van der Waals surface area contributed by atoms with Crippen LogP contribution in [0.2, 0.25) is 5.02 Å². The molecular weight excluding hydrogens is 254 g/mol. The molecule has 92 valence electrons. The molecule has 2 aromatic rings. The molecule has 0 N–H and O–H groups in total. The molecule has 0 aliphatic heterocycles. The smallest absolute Gasteiger partial charge is 0.0997 e. The number of nitrogens with zero attached hydrogens (tertiary/aromatic N) is 1. The summed E-state index contributed by atoms with van der Waals surface area (Å²) in [7, 11) is 0. The lowest BCUT2D eigenvalue weighted by Crippen LogP contribution is -1.80. The van der Waals surface area contributed by atoms with E-state index in [1.54, 1.807) is 18.2 Å². The summed E-state index contributed by atoms with van der Waals surface area (Å²) in [6.45, 7) is 0. The van der Waals surface area contributed by atoms with Gasteiger partial charge in [-0.1, -0.05) is 66.2 Å². The molecule has 0 aliphatic rings. The largest absolute Gasteiger partial charge is 0.192 e. The Morgan fingerprint density at radius 1 is 1.05 bits per heavy atom. The van der Waals surface area contributed by atoms with Crippen molar-refractivity contribution in [1.29, 1.82) is 5.26 Å². The summed E-state index contributed by atoms with van der Waals surface area (Å²) in [5.74, 6) is 0. The third kappa shape index (κ3) is 3.84. The molecule has 0 aliphatic carbocycles. The van der Waals surface area contributed by atoms with Crippen molar-refractivity contribution in [2.75, 3.05) is 0 Å². The van der Waals surface area contributed by atoms with Gasteiger partial charge in [0.05, 0.1) is 11.6 Å². The fraction of sp³-hybridized carbons (Fsp3) is 0. The van der Waals surface area contributed by atoms with E-state index >= 15 is 0 Å². The van der Waals surface area contributed by atoms with Crippen molar-refractivity contribution in [2.45, 2.75) is 0 Å². The van der Waals surface area contributed by atoms with Crippen LogP contribution in [0.5, 0.6) is 0 Å². The summed E-state index contributed by atoms with van der Waals surface area (Å²) in [5, 5.41) is 9.80. The number of hydrogen-bond donors (Lipinski definition) is 0. The molecule has 0 fully saturated rings. The minimum absolute atomic E-state index is 0.592. The Labute approximate surface area is 118 Å². The monoisotopic (exact) mass is 265 g/mol. The number of hydrogen-bond acceptors (Lipinski definition) is 1. The molecule has 1 nitrogen and oxygen atoms in total. The number of nitriles is 1. The van der Waals surface area contributed by atoms with E-state index in [2.05, 4.69) is 6.07 Å². The summed E-state index contributed by atoms with van der Waals surface area (Å²) in [6.07, 6.45) is 5.62. The average Bonchev–Trinajstić information content (AvgIpc) is 2.45. The standard InChI is InChI=1S/C17H12ClN/c18-17-11-5-9-15(12-17)16(13-19)10-4-8-14-6-2-1-3-7-14/h1-12H/b8-4+,16-10?. The van der Waals surface area contributed by atoms with Crippen LogP contribution in [0.4, 0.5) is 0 Å². The maximum absolute atomic E-state index is 9.17. The van der Waals surface area contributed by atoms with Gasteiger partial charge in [-0.15, -0.1) is 0 Å². The van der Waals surface area contributed by atoms with E-state index in [4.69, 9.17) is 11.6 Å². The minimum atomic E-state index is 0.592. The Morgan fingerprint density at radius 2 is 1.84 bits per heavy atom. The highest BCUT2D eigenvalue weighted by Gasteiger charge is 1.99. The van der Waals surface area contributed by atoms with Crippen LogP contribution in [0.3, 0.4) is 0 Å². The highest BCUT2D eigenvalue weighted by Crippen LogP contribution is 2.18. The van der Waals surface area contributed by atoms with Crippen molar-refractivity contribution >= 4 is 23.3 Å². The van der Waals surface area contributed by atoms with Gasteiger partial charge < -0.3 is 0 Å². The third-order valence-electron chi connectivity index (χ3n) is 2.61. The molecule has 0 amide bonds. The lowest BCUT2D eigenvalue weighted by atomic mass is 10.1. The Balaban J connectivity index is 2.21. The molecule has 0 heterocycles. The molecule has 0 spiro atoms. The van der Waals surface area contributed by atoms with Crippen LogP contribution >= 0.6 is 11.6 Å². The molecule has 2 heteroatoms. The maximum Gasteiger partial charge on any atom is 0.0997 e. The van der Waals surface area contributed by atoms with Crippen molar-refractivity contribution in [2.24, 2.45) is 0 Å². The normalized spacial score (nSPS) is 11.5. The van der Waals surface area contributed by atoms with Gasteiger partial charge >= 0.3 is 0 Å². The van der Waals surface area contributed by atoms with Crippen molar-refractivity contribution in [1.82, 2.24) is 0 Å². The quantitative estimate of drug-likeness (QED) is 0.568. The zero-order valence-electron chi connectivity index (χ0n) is 10.3. The first-order valence-electron chi connectivity index (χ1n) is 5.89. The minimum Gasteiger partial charge on any atom is -0.192 e. The molecule has 0 bridgehead atoms. The maximum atomic E-state index is 9.17. The molecular formula is C17H12ClN. The highest BCUT2D eigenvalue weighted by atomic mass is 35.5. The van der Waals surface area contributed by atoms with Crippen molar-refractivity contribution < 1.29 is 0 Å². The first-order valence-corrected chi connectivity index (χ1v) is 6.27. The van der Waals surface area contributed by atoms with Crippen LogP contribution in [0.15, 0.2) is 66.7 Å². The summed E-state index contributed by atoms with van der Waals surface area (Å²) in [5.41, 5.74) is 2.52. The van der Waals surface area contributed by atoms with Crippen LogP contribution in [-0.2, 0) is 0 Å². The second-order valence-corrected chi connectivity index (χ2v) is 4.41. The number of halogens is 1. The van der Waals surface area contributed by atoms with Gasteiger partial charge in [0.25, 0.3) is 0 Å². The fourth-order valence-electron chi connectivity index (χ4n) is 1.67.